The van der Waals surface area contributed by atoms with Crippen LogP contribution in [0.4, 0.5) is 0 Å². The van der Waals surface area contributed by atoms with Crippen LogP contribution in [0.3, 0.4) is 0 Å². The third-order valence-corrected chi connectivity index (χ3v) is 9.73. The number of ketones is 1. The molecule has 0 aromatic heterocycles. The highest BCUT2D eigenvalue weighted by Crippen LogP contribution is 2.22. The summed E-state index contributed by atoms with van der Waals surface area (Å²) in [6.45, 7) is 22.1. The summed E-state index contributed by atoms with van der Waals surface area (Å²) in [5.74, 6) is -8.04. The van der Waals surface area contributed by atoms with Gasteiger partial charge >= 0.3 is 11.9 Å². The van der Waals surface area contributed by atoms with E-state index < -0.39 is 118 Å². The zero-order valence-electron chi connectivity index (χ0n) is 39.7. The van der Waals surface area contributed by atoms with Crippen molar-refractivity contribution in [2.24, 2.45) is 11.8 Å². The second-order valence-corrected chi connectivity index (χ2v) is 18.7. The second kappa shape index (κ2) is 25.9. The molecule has 0 aromatic carbocycles. The van der Waals surface area contributed by atoms with Gasteiger partial charge in [0.25, 0.3) is 5.91 Å². The monoisotopic (exact) mass is 894 g/mol. The lowest BCUT2D eigenvalue weighted by molar-refractivity contribution is -0.156. The number of carbonyl (C=O) groups excluding carboxylic acids is 10. The number of ether oxygens (including phenoxy) is 2. The third kappa shape index (κ3) is 20.3. The van der Waals surface area contributed by atoms with Gasteiger partial charge in [0, 0.05) is 32.9 Å². The Hall–Kier alpha value is -5.10. The molecule has 6 N–H and O–H groups in total. The molecule has 1 aliphatic heterocycles. The predicted octanol–water partition coefficient (Wildman–Crippen LogP) is 1.87. The SMILES string of the molecule is CCCNC(=O)C(=O)C(CCC)NC(=O)[C@@H]1CCCN1C(=O)C(NC(=O)C(NC(=O)C(CCC(=O)OC(C)(C)C)NC(=O)C(CCC(=O)OC(C)(C)C)NC(C)=O)C(C)C)C(C)C. The molecule has 358 valence electrons. The lowest BCUT2D eigenvalue weighted by atomic mass is 9.98. The Bertz CT molecular complexity index is 1630. The molecular formula is C44H75N7O12. The minimum Gasteiger partial charge on any atom is -0.460 e. The van der Waals surface area contributed by atoms with Gasteiger partial charge in [0.2, 0.25) is 41.2 Å². The molecule has 6 atom stereocenters. The lowest BCUT2D eigenvalue weighted by Crippen LogP contribution is -2.61. The van der Waals surface area contributed by atoms with Crippen LogP contribution in [0, 0.1) is 11.8 Å². The van der Waals surface area contributed by atoms with Crippen molar-refractivity contribution < 1.29 is 57.4 Å². The number of nitrogens with zero attached hydrogens (tertiary/aromatic N) is 1. The van der Waals surface area contributed by atoms with Gasteiger partial charge in [0.1, 0.15) is 41.4 Å². The predicted molar refractivity (Wildman–Crippen MR) is 233 cm³/mol. The van der Waals surface area contributed by atoms with Crippen LogP contribution in [-0.2, 0) is 57.4 Å². The highest BCUT2D eigenvalue weighted by Gasteiger charge is 2.41. The molecule has 7 amide bonds. The molecule has 1 rings (SSSR count). The maximum Gasteiger partial charge on any atom is 0.306 e. The second-order valence-electron chi connectivity index (χ2n) is 18.7. The molecule has 1 heterocycles. The average Bonchev–Trinajstić information content (AvgIpc) is 3.66. The van der Waals surface area contributed by atoms with Gasteiger partial charge < -0.3 is 46.3 Å². The summed E-state index contributed by atoms with van der Waals surface area (Å²) in [6.07, 6.45) is 1.11. The Kier molecular flexibility index (Phi) is 23.0. The fraction of sp³-hybridized carbons (Fsp3) is 0.773. The molecule has 1 fully saturated rings. The summed E-state index contributed by atoms with van der Waals surface area (Å²) < 4.78 is 10.7. The Labute approximate surface area is 372 Å². The van der Waals surface area contributed by atoms with Crippen molar-refractivity contribution in [1.29, 1.82) is 0 Å². The summed E-state index contributed by atoms with van der Waals surface area (Å²) in [7, 11) is 0. The maximum absolute atomic E-state index is 14.2. The Morgan fingerprint density at radius 2 is 1.11 bits per heavy atom. The molecule has 0 aromatic rings. The fourth-order valence-electron chi connectivity index (χ4n) is 6.70. The topological polar surface area (TPSA) is 265 Å². The van der Waals surface area contributed by atoms with Gasteiger partial charge in [0.15, 0.2) is 0 Å². The van der Waals surface area contributed by atoms with Crippen molar-refractivity contribution in [2.75, 3.05) is 13.1 Å². The minimum absolute atomic E-state index is 0.171. The maximum atomic E-state index is 14.2. The first-order valence-corrected chi connectivity index (χ1v) is 22.2. The van der Waals surface area contributed by atoms with Crippen LogP contribution in [0.2, 0.25) is 0 Å². The van der Waals surface area contributed by atoms with Crippen molar-refractivity contribution in [3.8, 4) is 0 Å². The summed E-state index contributed by atoms with van der Waals surface area (Å²) >= 11 is 0. The standard InChI is InChI=1S/C44H75N7O12/c1-14-17-28(36(55)41(60)45-23-15-2)47-39(58)31-18-16-24-51(31)42(61)35(26(5)6)50-40(59)34(25(3)4)49-38(57)30(20-22-33(54)63-44(11,12)13)48-37(56)29(46-27(7)52)19-21-32(53)62-43(8,9)10/h25-26,28-31,34-35H,14-24H2,1-13H3,(H,45,60)(H,46,52)(H,47,58)(H,48,56)(H,49,57)(H,50,59)/t28?,29?,30?,31-,34?,35?/m0/s1. The molecule has 0 bridgehead atoms. The number of nitrogens with one attached hydrogen (secondary N) is 6. The summed E-state index contributed by atoms with van der Waals surface area (Å²) in [4.78, 5) is 134. The molecule has 0 spiro atoms. The minimum atomic E-state index is -1.43. The Balaban J connectivity index is 3.35. The number of rotatable bonds is 24. The van der Waals surface area contributed by atoms with Gasteiger partial charge in [-0.15, -0.1) is 0 Å². The highest BCUT2D eigenvalue weighted by molar-refractivity contribution is 6.38. The number of hydrogen-bond acceptors (Lipinski definition) is 12. The van der Waals surface area contributed by atoms with Crippen LogP contribution in [0.1, 0.15) is 148 Å². The van der Waals surface area contributed by atoms with E-state index in [0.717, 1.165) is 0 Å². The van der Waals surface area contributed by atoms with E-state index in [4.69, 9.17) is 9.47 Å². The van der Waals surface area contributed by atoms with Crippen LogP contribution in [0.15, 0.2) is 0 Å². The van der Waals surface area contributed by atoms with E-state index >= 15 is 0 Å². The van der Waals surface area contributed by atoms with Gasteiger partial charge in [-0.3, -0.25) is 47.9 Å². The van der Waals surface area contributed by atoms with Crippen LogP contribution in [-0.4, -0.2) is 125 Å². The van der Waals surface area contributed by atoms with Crippen molar-refractivity contribution in [3.05, 3.63) is 0 Å². The number of carbonyl (C=O) groups is 10. The van der Waals surface area contributed by atoms with E-state index in [1.165, 1.54) is 11.8 Å². The molecule has 1 aliphatic rings. The highest BCUT2D eigenvalue weighted by atomic mass is 16.6. The molecule has 0 aliphatic carbocycles. The van der Waals surface area contributed by atoms with Crippen molar-refractivity contribution in [1.82, 2.24) is 36.8 Å². The van der Waals surface area contributed by atoms with Gasteiger partial charge in [-0.1, -0.05) is 48.0 Å². The smallest absolute Gasteiger partial charge is 0.306 e. The number of likely N-dealkylation sites (tertiary alicyclic amines) is 1. The van der Waals surface area contributed by atoms with E-state index in [2.05, 4.69) is 31.9 Å². The molecule has 19 heteroatoms. The van der Waals surface area contributed by atoms with E-state index in [9.17, 15) is 47.9 Å². The number of hydrogen-bond donors (Lipinski definition) is 6. The van der Waals surface area contributed by atoms with E-state index in [1.807, 2.05) is 13.8 Å². The number of esters is 2. The third-order valence-electron chi connectivity index (χ3n) is 9.73. The van der Waals surface area contributed by atoms with Crippen LogP contribution < -0.4 is 31.9 Å². The zero-order valence-corrected chi connectivity index (χ0v) is 39.7. The summed E-state index contributed by atoms with van der Waals surface area (Å²) in [5, 5.41) is 15.7. The molecule has 19 nitrogen and oxygen atoms in total. The normalized spacial score (nSPS) is 16.4. The van der Waals surface area contributed by atoms with Gasteiger partial charge in [-0.2, -0.15) is 0 Å². The largest absolute Gasteiger partial charge is 0.460 e. The first-order chi connectivity index (χ1) is 29.1. The van der Waals surface area contributed by atoms with Crippen molar-refractivity contribution in [3.63, 3.8) is 0 Å². The fourth-order valence-corrected chi connectivity index (χ4v) is 6.70. The Morgan fingerprint density at radius 1 is 0.619 bits per heavy atom. The van der Waals surface area contributed by atoms with Crippen LogP contribution >= 0.6 is 0 Å². The van der Waals surface area contributed by atoms with Crippen LogP contribution in [0.25, 0.3) is 0 Å². The van der Waals surface area contributed by atoms with Gasteiger partial charge in [-0.05, 0) is 91.9 Å². The summed E-state index contributed by atoms with van der Waals surface area (Å²) in [6, 6.07) is -7.16. The molecule has 63 heavy (non-hydrogen) atoms. The lowest BCUT2D eigenvalue weighted by Gasteiger charge is -2.33. The summed E-state index contributed by atoms with van der Waals surface area (Å²) in [5.41, 5.74) is -1.64. The molecule has 5 unspecified atom stereocenters. The van der Waals surface area contributed by atoms with Crippen molar-refractivity contribution >= 4 is 59.1 Å². The van der Waals surface area contributed by atoms with Gasteiger partial charge in [-0.25, -0.2) is 0 Å². The first-order valence-electron chi connectivity index (χ1n) is 22.2. The number of amides is 7. The van der Waals surface area contributed by atoms with E-state index in [0.29, 0.717) is 25.8 Å². The van der Waals surface area contributed by atoms with E-state index in [-0.39, 0.29) is 45.1 Å². The van der Waals surface area contributed by atoms with Crippen LogP contribution in [0.5, 0.6) is 0 Å². The number of Topliss-reactive ketones (excluding diaryl/α,β-unsaturated/α-hetero) is 1. The average molecular weight is 894 g/mol. The molecule has 1 saturated heterocycles. The molecule has 0 radical (unpaired) electrons. The first kappa shape index (κ1) is 55.9. The molecular weight excluding hydrogens is 819 g/mol. The quantitative estimate of drug-likeness (QED) is 0.0600. The zero-order chi connectivity index (χ0) is 48.4. The molecule has 0 saturated carbocycles. The van der Waals surface area contributed by atoms with E-state index in [1.54, 1.807) is 69.2 Å². The Morgan fingerprint density at radius 3 is 1.57 bits per heavy atom. The van der Waals surface area contributed by atoms with Gasteiger partial charge in [0.05, 0.1) is 6.04 Å². The van der Waals surface area contributed by atoms with Crippen molar-refractivity contribution in [2.45, 2.75) is 195 Å².